The number of thiophene rings is 1. The fourth-order valence-corrected chi connectivity index (χ4v) is 4.60. The molecule has 0 bridgehead atoms. The van der Waals surface area contributed by atoms with Crippen LogP contribution in [0.2, 0.25) is 5.02 Å². The minimum Gasteiger partial charge on any atom is -0.495 e. The maximum Gasteiger partial charge on any atom is 0.263 e. The minimum atomic E-state index is -0.354. The highest BCUT2D eigenvalue weighted by Crippen LogP contribution is 2.31. The monoisotopic (exact) mass is 467 g/mol. The molecule has 0 atom stereocenters. The topological polar surface area (TPSA) is 73.2 Å². The average Bonchev–Trinajstić information content (AvgIpc) is 3.21. The van der Waals surface area contributed by atoms with Gasteiger partial charge in [0, 0.05) is 16.6 Å². The lowest BCUT2D eigenvalue weighted by Gasteiger charge is -2.10. The van der Waals surface area contributed by atoms with Crippen molar-refractivity contribution in [1.82, 2.24) is 9.55 Å². The molecule has 4 aromatic rings. The van der Waals surface area contributed by atoms with Crippen molar-refractivity contribution in [2.75, 3.05) is 12.4 Å². The Balaban J connectivity index is 1.61. The van der Waals surface area contributed by atoms with E-state index in [0.29, 0.717) is 32.6 Å². The summed E-state index contributed by atoms with van der Waals surface area (Å²) in [5.41, 5.74) is 3.29. The molecular formula is C24H22ClN3O3S. The zero-order valence-electron chi connectivity index (χ0n) is 17.9. The van der Waals surface area contributed by atoms with E-state index in [-0.39, 0.29) is 18.0 Å². The Kier molecular flexibility index (Phi) is 6.30. The molecule has 6 nitrogen and oxygen atoms in total. The minimum absolute atomic E-state index is 0.160. The van der Waals surface area contributed by atoms with Crippen LogP contribution in [0, 0.1) is 0 Å². The summed E-state index contributed by atoms with van der Waals surface area (Å²) in [5, 5.41) is 5.60. The number of fused-ring (bicyclic) bond motifs is 1. The fourth-order valence-electron chi connectivity index (χ4n) is 3.44. The maximum absolute atomic E-state index is 13.2. The molecule has 164 valence electrons. The van der Waals surface area contributed by atoms with Crippen LogP contribution < -0.4 is 15.6 Å². The number of aromatic nitrogens is 2. The van der Waals surface area contributed by atoms with E-state index in [1.807, 2.05) is 17.5 Å². The van der Waals surface area contributed by atoms with Crippen LogP contribution in [0.4, 0.5) is 5.69 Å². The number of amides is 1. The number of nitrogens with zero attached hydrogens (tertiary/aromatic N) is 2. The van der Waals surface area contributed by atoms with Gasteiger partial charge in [-0.2, -0.15) is 0 Å². The van der Waals surface area contributed by atoms with Crippen LogP contribution in [0.3, 0.4) is 0 Å². The molecule has 0 saturated heterocycles. The molecule has 1 amide bonds. The predicted octanol–water partition coefficient (Wildman–Crippen LogP) is 5.55. The summed E-state index contributed by atoms with van der Waals surface area (Å²) in [6, 6.07) is 13.1. The van der Waals surface area contributed by atoms with Gasteiger partial charge in [-0.1, -0.05) is 49.7 Å². The van der Waals surface area contributed by atoms with E-state index in [1.165, 1.54) is 34.9 Å². The molecule has 0 fully saturated rings. The maximum atomic E-state index is 13.2. The normalized spacial score (nSPS) is 11.2. The van der Waals surface area contributed by atoms with Crippen LogP contribution in [-0.4, -0.2) is 22.6 Å². The number of ether oxygens (including phenoxy) is 1. The third-order valence-electron chi connectivity index (χ3n) is 5.20. The first kappa shape index (κ1) is 22.0. The first-order chi connectivity index (χ1) is 15.4. The van der Waals surface area contributed by atoms with Crippen LogP contribution in [0.1, 0.15) is 25.3 Å². The van der Waals surface area contributed by atoms with Crippen LogP contribution >= 0.6 is 22.9 Å². The van der Waals surface area contributed by atoms with Gasteiger partial charge in [-0.05, 0) is 35.2 Å². The number of benzene rings is 2. The Bertz CT molecular complexity index is 1340. The summed E-state index contributed by atoms with van der Waals surface area (Å²) in [5.74, 6) is 0.593. The van der Waals surface area contributed by atoms with Crippen molar-refractivity contribution >= 4 is 44.7 Å². The van der Waals surface area contributed by atoms with Gasteiger partial charge in [0.1, 0.15) is 17.1 Å². The Morgan fingerprint density at radius 3 is 2.62 bits per heavy atom. The standard InChI is InChI=1S/C24H22ClN3O3S/c1-14(2)15-4-6-16(7-5-15)18-12-32-23-22(18)24(30)28(13-26-23)11-21(29)27-17-8-9-20(31-3)19(25)10-17/h4-10,12-14H,11H2,1-3H3,(H,27,29). The van der Waals surface area contributed by atoms with E-state index >= 15 is 0 Å². The van der Waals surface area contributed by atoms with Crippen molar-refractivity contribution in [3.05, 3.63) is 75.1 Å². The third-order valence-corrected chi connectivity index (χ3v) is 6.38. The average molecular weight is 468 g/mol. The van der Waals surface area contributed by atoms with Crippen molar-refractivity contribution in [2.24, 2.45) is 0 Å². The molecule has 4 rings (SSSR count). The van der Waals surface area contributed by atoms with Gasteiger partial charge in [-0.15, -0.1) is 11.3 Å². The Labute approximate surface area is 194 Å². The molecule has 2 aromatic heterocycles. The second-order valence-corrected chi connectivity index (χ2v) is 8.95. The van der Waals surface area contributed by atoms with E-state index in [4.69, 9.17) is 16.3 Å². The van der Waals surface area contributed by atoms with Crippen LogP contribution in [0.5, 0.6) is 5.75 Å². The number of halogens is 1. The number of methoxy groups -OCH3 is 1. The second kappa shape index (κ2) is 9.14. The molecular weight excluding hydrogens is 446 g/mol. The quantitative estimate of drug-likeness (QED) is 0.403. The lowest BCUT2D eigenvalue weighted by Crippen LogP contribution is -2.27. The number of carbonyl (C=O) groups excluding carboxylic acids is 1. The highest BCUT2D eigenvalue weighted by atomic mass is 35.5. The highest BCUT2D eigenvalue weighted by Gasteiger charge is 2.15. The molecule has 1 N–H and O–H groups in total. The van der Waals surface area contributed by atoms with E-state index in [1.54, 1.807) is 18.2 Å². The van der Waals surface area contributed by atoms with Gasteiger partial charge in [-0.25, -0.2) is 4.98 Å². The predicted molar refractivity (Wildman–Crippen MR) is 130 cm³/mol. The van der Waals surface area contributed by atoms with E-state index < -0.39 is 0 Å². The van der Waals surface area contributed by atoms with E-state index in [0.717, 1.165) is 11.1 Å². The lowest BCUT2D eigenvalue weighted by atomic mass is 9.99. The van der Waals surface area contributed by atoms with Crippen molar-refractivity contribution < 1.29 is 9.53 Å². The lowest BCUT2D eigenvalue weighted by molar-refractivity contribution is -0.116. The molecule has 0 saturated carbocycles. The Hall–Kier alpha value is -3.16. The zero-order valence-corrected chi connectivity index (χ0v) is 19.5. The molecule has 0 aliphatic rings. The van der Waals surface area contributed by atoms with Crippen LogP contribution in [-0.2, 0) is 11.3 Å². The molecule has 0 aliphatic carbocycles. The number of nitrogens with one attached hydrogen (secondary N) is 1. The molecule has 0 radical (unpaired) electrons. The van der Waals surface area contributed by atoms with Crippen molar-refractivity contribution in [3.63, 3.8) is 0 Å². The number of hydrogen-bond acceptors (Lipinski definition) is 5. The third kappa shape index (κ3) is 4.40. The van der Waals surface area contributed by atoms with Gasteiger partial charge in [0.05, 0.1) is 23.8 Å². The molecule has 32 heavy (non-hydrogen) atoms. The number of carbonyl (C=O) groups is 1. The summed E-state index contributed by atoms with van der Waals surface area (Å²) in [6.45, 7) is 4.12. The molecule has 8 heteroatoms. The number of rotatable bonds is 6. The molecule has 0 unspecified atom stereocenters. The van der Waals surface area contributed by atoms with Gasteiger partial charge in [-0.3, -0.25) is 14.2 Å². The van der Waals surface area contributed by atoms with Crippen molar-refractivity contribution in [2.45, 2.75) is 26.3 Å². The molecule has 2 heterocycles. The van der Waals surface area contributed by atoms with Gasteiger partial charge in [0.25, 0.3) is 5.56 Å². The summed E-state index contributed by atoms with van der Waals surface area (Å²) in [4.78, 5) is 30.8. The first-order valence-corrected chi connectivity index (χ1v) is 11.3. The second-order valence-electron chi connectivity index (χ2n) is 7.68. The van der Waals surface area contributed by atoms with E-state index in [2.05, 4.69) is 36.3 Å². The largest absolute Gasteiger partial charge is 0.495 e. The highest BCUT2D eigenvalue weighted by molar-refractivity contribution is 7.17. The van der Waals surface area contributed by atoms with Crippen LogP contribution in [0.15, 0.2) is 59.0 Å². The molecule has 2 aromatic carbocycles. The SMILES string of the molecule is COc1ccc(NC(=O)Cn2cnc3scc(-c4ccc(C(C)C)cc4)c3c2=O)cc1Cl. The fraction of sp³-hybridized carbons (Fsp3) is 0.208. The number of hydrogen-bond donors (Lipinski definition) is 1. The smallest absolute Gasteiger partial charge is 0.263 e. The van der Waals surface area contributed by atoms with Gasteiger partial charge >= 0.3 is 0 Å². The zero-order chi connectivity index (χ0) is 22.8. The summed E-state index contributed by atoms with van der Waals surface area (Å²) in [6.07, 6.45) is 1.41. The molecule has 0 aliphatic heterocycles. The molecule has 0 spiro atoms. The van der Waals surface area contributed by atoms with E-state index in [9.17, 15) is 9.59 Å². The van der Waals surface area contributed by atoms with Gasteiger partial charge < -0.3 is 10.1 Å². The first-order valence-electron chi connectivity index (χ1n) is 10.1. The van der Waals surface area contributed by atoms with Crippen molar-refractivity contribution in [1.29, 1.82) is 0 Å². The summed E-state index contributed by atoms with van der Waals surface area (Å²) in [7, 11) is 1.52. The van der Waals surface area contributed by atoms with Gasteiger partial charge in [0.15, 0.2) is 0 Å². The number of anilines is 1. The Morgan fingerprint density at radius 1 is 1.22 bits per heavy atom. The van der Waals surface area contributed by atoms with Gasteiger partial charge in [0.2, 0.25) is 5.91 Å². The van der Waals surface area contributed by atoms with Crippen molar-refractivity contribution in [3.8, 4) is 16.9 Å². The van der Waals surface area contributed by atoms with Crippen LogP contribution in [0.25, 0.3) is 21.3 Å². The summed E-state index contributed by atoms with van der Waals surface area (Å²) < 4.78 is 6.44. The Morgan fingerprint density at radius 2 is 1.97 bits per heavy atom. The summed E-state index contributed by atoms with van der Waals surface area (Å²) >= 11 is 7.53.